The Balaban J connectivity index is 1.69. The Labute approximate surface area is 207 Å². The summed E-state index contributed by atoms with van der Waals surface area (Å²) in [6, 6.07) is 16.2. The van der Waals surface area contributed by atoms with E-state index < -0.39 is 34.5 Å². The van der Waals surface area contributed by atoms with Crippen LogP contribution in [-0.4, -0.2) is 40.8 Å². The van der Waals surface area contributed by atoms with Gasteiger partial charge in [-0.3, -0.25) is 4.79 Å². The third-order valence-corrected chi connectivity index (χ3v) is 7.50. The average molecular weight is 481 g/mol. The molecule has 0 aromatic heterocycles. The highest BCUT2D eigenvalue weighted by Crippen LogP contribution is 2.44. The van der Waals surface area contributed by atoms with Crippen LogP contribution in [0.4, 0.5) is 4.79 Å². The number of carbonyl (C=O) groups is 3. The summed E-state index contributed by atoms with van der Waals surface area (Å²) in [4.78, 5) is 37.8. The van der Waals surface area contributed by atoms with Gasteiger partial charge in [0.25, 0.3) is 0 Å². The van der Waals surface area contributed by atoms with E-state index >= 15 is 0 Å². The quantitative estimate of drug-likeness (QED) is 0.464. The first-order valence-electron chi connectivity index (χ1n) is 12.0. The average Bonchev–Trinajstić information content (AvgIpc) is 3.11. The van der Waals surface area contributed by atoms with Gasteiger partial charge in [-0.1, -0.05) is 61.9 Å². The van der Waals surface area contributed by atoms with Gasteiger partial charge in [-0.25, -0.2) is 9.59 Å². The lowest BCUT2D eigenvalue weighted by Gasteiger charge is -2.42. The molecule has 1 unspecified atom stereocenters. The summed E-state index contributed by atoms with van der Waals surface area (Å²) in [5.74, 6) is -1.62. The van der Waals surface area contributed by atoms with Gasteiger partial charge in [0.05, 0.1) is 11.0 Å². The van der Waals surface area contributed by atoms with Gasteiger partial charge >= 0.3 is 12.1 Å². The molecule has 1 aliphatic rings. The first-order valence-corrected chi connectivity index (χ1v) is 12.0. The highest BCUT2D eigenvalue weighted by Gasteiger charge is 2.47. The van der Waals surface area contributed by atoms with Gasteiger partial charge in [0.15, 0.2) is 0 Å². The summed E-state index contributed by atoms with van der Waals surface area (Å²) in [5.41, 5.74) is 0.985. The first-order chi connectivity index (χ1) is 16.3. The second-order valence-electron chi connectivity index (χ2n) is 10.5. The monoisotopic (exact) mass is 480 g/mol. The minimum atomic E-state index is -1.39. The number of benzene rings is 2. The molecular weight excluding hydrogens is 444 g/mol. The first kappa shape index (κ1) is 26.3. The zero-order chi connectivity index (χ0) is 26.0. The molecule has 0 fully saturated rings. The van der Waals surface area contributed by atoms with Crippen LogP contribution in [0.2, 0.25) is 0 Å². The molecule has 35 heavy (non-hydrogen) atoms. The van der Waals surface area contributed by atoms with Gasteiger partial charge in [0.2, 0.25) is 5.91 Å². The van der Waals surface area contributed by atoms with Crippen LogP contribution >= 0.6 is 0 Å². The van der Waals surface area contributed by atoms with Crippen molar-refractivity contribution >= 4 is 18.0 Å². The Kier molecular flexibility index (Phi) is 7.29. The summed E-state index contributed by atoms with van der Waals surface area (Å²) in [6.45, 7) is 10.3. The Bertz CT molecular complexity index is 1080. The van der Waals surface area contributed by atoms with E-state index in [4.69, 9.17) is 4.74 Å². The minimum Gasteiger partial charge on any atom is -0.480 e. The Morgan fingerprint density at radius 3 is 1.89 bits per heavy atom. The third-order valence-electron chi connectivity index (χ3n) is 7.50. The third kappa shape index (κ3) is 5.04. The van der Waals surface area contributed by atoms with Crippen LogP contribution in [0.15, 0.2) is 48.5 Å². The zero-order valence-electron chi connectivity index (χ0n) is 21.4. The van der Waals surface area contributed by atoms with Crippen molar-refractivity contribution in [2.24, 2.45) is 5.41 Å². The topological polar surface area (TPSA) is 105 Å². The lowest BCUT2D eigenvalue weighted by molar-refractivity contribution is -0.150. The number of amides is 2. The van der Waals surface area contributed by atoms with Crippen LogP contribution in [0.1, 0.15) is 71.4 Å². The van der Waals surface area contributed by atoms with Crippen LogP contribution in [0.25, 0.3) is 11.1 Å². The van der Waals surface area contributed by atoms with Crippen molar-refractivity contribution in [3.63, 3.8) is 0 Å². The van der Waals surface area contributed by atoms with E-state index in [2.05, 4.69) is 34.9 Å². The van der Waals surface area contributed by atoms with E-state index in [0.717, 1.165) is 22.3 Å². The molecule has 1 atom stereocenters. The number of carbonyl (C=O) groups excluding carboxylic acids is 2. The number of hydrogen-bond donors (Lipinski definition) is 3. The molecule has 7 heteroatoms. The van der Waals surface area contributed by atoms with Crippen molar-refractivity contribution < 1.29 is 24.2 Å². The summed E-state index contributed by atoms with van der Waals surface area (Å²) in [7, 11) is 0. The van der Waals surface area contributed by atoms with Crippen LogP contribution in [-0.2, 0) is 14.3 Å². The van der Waals surface area contributed by atoms with Crippen LogP contribution < -0.4 is 10.6 Å². The van der Waals surface area contributed by atoms with Crippen LogP contribution in [0, 0.1) is 5.41 Å². The minimum absolute atomic E-state index is 0.0714. The number of nitrogens with one attached hydrogen (secondary N) is 2. The van der Waals surface area contributed by atoms with Crippen molar-refractivity contribution in [1.82, 2.24) is 10.6 Å². The fourth-order valence-electron chi connectivity index (χ4n) is 4.46. The van der Waals surface area contributed by atoms with Crippen molar-refractivity contribution in [3.8, 4) is 11.1 Å². The molecule has 0 heterocycles. The number of alkyl carbamates (subject to hydrolysis) is 1. The molecule has 0 saturated heterocycles. The molecule has 188 valence electrons. The Morgan fingerprint density at radius 2 is 1.40 bits per heavy atom. The maximum absolute atomic E-state index is 13.2. The van der Waals surface area contributed by atoms with Crippen molar-refractivity contribution in [1.29, 1.82) is 0 Å². The number of fused-ring (bicyclic) bond motifs is 3. The summed E-state index contributed by atoms with van der Waals surface area (Å²) < 4.78 is 5.65. The second-order valence-corrected chi connectivity index (χ2v) is 10.5. The fraction of sp³-hybridized carbons (Fsp3) is 0.464. The maximum Gasteiger partial charge on any atom is 0.407 e. The maximum atomic E-state index is 13.2. The van der Waals surface area contributed by atoms with E-state index in [0.29, 0.717) is 12.8 Å². The number of carboxylic acid groups (broad SMARTS) is 1. The van der Waals surface area contributed by atoms with Crippen molar-refractivity contribution in [2.45, 2.75) is 71.4 Å². The van der Waals surface area contributed by atoms with Crippen LogP contribution in [0.3, 0.4) is 0 Å². The van der Waals surface area contributed by atoms with E-state index in [1.165, 1.54) is 6.92 Å². The smallest absolute Gasteiger partial charge is 0.407 e. The van der Waals surface area contributed by atoms with E-state index in [9.17, 15) is 19.5 Å². The molecular formula is C28H36N2O5. The second kappa shape index (κ2) is 9.72. The summed E-state index contributed by atoms with van der Waals surface area (Å²) in [5, 5.41) is 15.1. The number of carboxylic acids is 1. The van der Waals surface area contributed by atoms with Crippen molar-refractivity contribution in [2.75, 3.05) is 6.61 Å². The SMILES string of the molecule is CCCC(C)(NC(=O)C(C)(C)C(C)(C)NC(=O)OCC1c2ccccc2-c2ccccc21)C(=O)O. The molecule has 0 radical (unpaired) electrons. The number of aliphatic carboxylic acids is 1. The van der Waals surface area contributed by atoms with E-state index in [1.807, 2.05) is 31.2 Å². The van der Waals surface area contributed by atoms with Crippen LogP contribution in [0.5, 0.6) is 0 Å². The predicted octanol–water partition coefficient (Wildman–Crippen LogP) is 5.09. The standard InChI is InChI=1S/C28H36N2O5/c1-7-16-28(6,24(32)33)29-23(31)26(2,3)27(4,5)30-25(34)35-17-22-20-14-10-8-12-18(20)19-13-9-11-15-21(19)22/h8-15,22H,7,16-17H2,1-6H3,(H,29,31)(H,30,34)(H,32,33). The number of ether oxygens (including phenoxy) is 1. The van der Waals surface area contributed by atoms with E-state index in [-0.39, 0.29) is 12.5 Å². The molecule has 0 aliphatic heterocycles. The molecule has 1 aliphatic carbocycles. The molecule has 7 nitrogen and oxygen atoms in total. The number of hydrogen-bond acceptors (Lipinski definition) is 4. The molecule has 3 rings (SSSR count). The Hall–Kier alpha value is -3.35. The Morgan fingerprint density at radius 1 is 0.886 bits per heavy atom. The molecule has 0 saturated carbocycles. The molecule has 2 aromatic rings. The zero-order valence-corrected chi connectivity index (χ0v) is 21.4. The molecule has 2 amide bonds. The molecule has 3 N–H and O–H groups in total. The van der Waals surface area contributed by atoms with Gasteiger partial charge in [-0.05, 0) is 63.3 Å². The molecule has 2 aromatic carbocycles. The largest absolute Gasteiger partial charge is 0.480 e. The predicted molar refractivity (Wildman–Crippen MR) is 135 cm³/mol. The summed E-state index contributed by atoms with van der Waals surface area (Å²) >= 11 is 0. The summed E-state index contributed by atoms with van der Waals surface area (Å²) in [6.07, 6.45) is 0.266. The van der Waals surface area contributed by atoms with Gasteiger partial charge in [-0.2, -0.15) is 0 Å². The lowest BCUT2D eigenvalue weighted by atomic mass is 9.73. The lowest BCUT2D eigenvalue weighted by Crippen LogP contribution is -2.63. The van der Waals surface area contributed by atoms with Gasteiger partial charge in [0, 0.05) is 5.92 Å². The highest BCUT2D eigenvalue weighted by molar-refractivity contribution is 5.90. The van der Waals surface area contributed by atoms with Gasteiger partial charge in [-0.15, -0.1) is 0 Å². The van der Waals surface area contributed by atoms with Gasteiger partial charge in [0.1, 0.15) is 12.1 Å². The normalized spacial score (nSPS) is 14.9. The number of rotatable bonds is 9. The molecule has 0 bridgehead atoms. The molecule has 0 spiro atoms. The fourth-order valence-corrected chi connectivity index (χ4v) is 4.46. The van der Waals surface area contributed by atoms with Gasteiger partial charge < -0.3 is 20.5 Å². The van der Waals surface area contributed by atoms with Crippen molar-refractivity contribution in [3.05, 3.63) is 59.7 Å². The highest BCUT2D eigenvalue weighted by atomic mass is 16.5. The van der Waals surface area contributed by atoms with E-state index in [1.54, 1.807) is 27.7 Å².